The fourth-order valence-corrected chi connectivity index (χ4v) is 4.86. The molecule has 7 nitrogen and oxygen atoms in total. The molecule has 1 atom stereocenters. The SMILES string of the molecule is CCCNC(=O)C(CC)N(Cc1ccccc1)C(=O)CCCN(c1cccc(C(F)(F)F)c1)S(C)(=O)=O. The summed E-state index contributed by atoms with van der Waals surface area (Å²) in [6.45, 7) is 4.21. The number of hydrogen-bond donors (Lipinski definition) is 1. The fraction of sp³-hybridized carbons (Fsp3) is 0.462. The maximum Gasteiger partial charge on any atom is 0.416 e. The van der Waals surface area contributed by atoms with E-state index in [2.05, 4.69) is 5.32 Å². The van der Waals surface area contributed by atoms with Gasteiger partial charge in [0.25, 0.3) is 0 Å². The lowest BCUT2D eigenvalue weighted by Gasteiger charge is -2.31. The second-order valence-electron chi connectivity index (χ2n) is 8.71. The summed E-state index contributed by atoms with van der Waals surface area (Å²) < 4.78 is 65.1. The second kappa shape index (κ2) is 13.5. The minimum absolute atomic E-state index is 0.0560. The van der Waals surface area contributed by atoms with Crippen LogP contribution in [0.15, 0.2) is 54.6 Å². The van der Waals surface area contributed by atoms with Gasteiger partial charge in [-0.1, -0.05) is 50.2 Å². The zero-order valence-electron chi connectivity index (χ0n) is 21.3. The van der Waals surface area contributed by atoms with Crippen molar-refractivity contribution in [2.75, 3.05) is 23.7 Å². The first kappa shape index (κ1) is 30.1. The van der Waals surface area contributed by atoms with Crippen molar-refractivity contribution in [2.24, 2.45) is 0 Å². The van der Waals surface area contributed by atoms with Gasteiger partial charge in [0, 0.05) is 26.1 Å². The molecule has 37 heavy (non-hydrogen) atoms. The molecule has 2 rings (SSSR count). The Morgan fingerprint density at radius 1 is 1.03 bits per heavy atom. The summed E-state index contributed by atoms with van der Waals surface area (Å²) >= 11 is 0. The van der Waals surface area contributed by atoms with Crippen molar-refractivity contribution in [3.8, 4) is 0 Å². The lowest BCUT2D eigenvalue weighted by molar-refractivity contribution is -0.141. The molecule has 0 saturated heterocycles. The minimum Gasteiger partial charge on any atom is -0.354 e. The van der Waals surface area contributed by atoms with Gasteiger partial charge in [0.05, 0.1) is 17.5 Å². The third kappa shape index (κ3) is 9.07. The predicted octanol–water partition coefficient (Wildman–Crippen LogP) is 4.59. The molecule has 2 aromatic carbocycles. The summed E-state index contributed by atoms with van der Waals surface area (Å²) in [5.74, 6) is -0.616. The van der Waals surface area contributed by atoms with Crippen molar-refractivity contribution in [1.82, 2.24) is 10.2 Å². The Morgan fingerprint density at radius 2 is 1.70 bits per heavy atom. The standard InChI is InChI=1S/C26H34F3N3O4S/c1-4-16-30-25(34)23(5-2)31(19-20-11-7-6-8-12-20)24(33)15-10-17-32(37(3,35)36)22-14-9-13-21(18-22)26(27,28)29/h6-9,11-14,18,23H,4-5,10,15-17,19H2,1-3H3,(H,30,34). The molecule has 0 aromatic heterocycles. The quantitative estimate of drug-likeness (QED) is 0.402. The maximum absolute atomic E-state index is 13.3. The molecule has 1 N–H and O–H groups in total. The van der Waals surface area contributed by atoms with Crippen molar-refractivity contribution in [3.63, 3.8) is 0 Å². The highest BCUT2D eigenvalue weighted by atomic mass is 32.2. The first-order valence-corrected chi connectivity index (χ1v) is 14.0. The van der Waals surface area contributed by atoms with E-state index in [1.165, 1.54) is 11.0 Å². The van der Waals surface area contributed by atoms with Crippen LogP contribution in [0.25, 0.3) is 0 Å². The average molecular weight is 542 g/mol. The van der Waals surface area contributed by atoms with E-state index in [4.69, 9.17) is 0 Å². The zero-order valence-corrected chi connectivity index (χ0v) is 22.1. The van der Waals surface area contributed by atoms with Crippen molar-refractivity contribution in [2.45, 2.75) is 58.3 Å². The Morgan fingerprint density at radius 3 is 2.27 bits per heavy atom. The highest BCUT2D eigenvalue weighted by Gasteiger charge is 2.32. The summed E-state index contributed by atoms with van der Waals surface area (Å²) in [4.78, 5) is 27.6. The van der Waals surface area contributed by atoms with Crippen molar-refractivity contribution >= 4 is 27.5 Å². The first-order valence-electron chi connectivity index (χ1n) is 12.1. The van der Waals surface area contributed by atoms with Crippen LogP contribution in [0.1, 0.15) is 50.7 Å². The monoisotopic (exact) mass is 541 g/mol. The molecule has 0 bridgehead atoms. The summed E-state index contributed by atoms with van der Waals surface area (Å²) in [5, 5.41) is 2.83. The summed E-state index contributed by atoms with van der Waals surface area (Å²) in [6.07, 6.45) is -2.63. The number of nitrogens with one attached hydrogen (secondary N) is 1. The highest BCUT2D eigenvalue weighted by Crippen LogP contribution is 2.32. The summed E-state index contributed by atoms with van der Waals surface area (Å²) in [6, 6.07) is 12.5. The molecule has 1 unspecified atom stereocenters. The molecule has 2 aromatic rings. The van der Waals surface area contributed by atoms with Gasteiger partial charge in [-0.15, -0.1) is 0 Å². The first-order chi connectivity index (χ1) is 17.4. The van der Waals surface area contributed by atoms with Crippen LogP contribution in [0.3, 0.4) is 0 Å². The second-order valence-corrected chi connectivity index (χ2v) is 10.6. The third-order valence-corrected chi connectivity index (χ3v) is 6.94. The van der Waals surface area contributed by atoms with Crippen LogP contribution in [0, 0.1) is 0 Å². The number of nitrogens with zero attached hydrogens (tertiary/aromatic N) is 2. The van der Waals surface area contributed by atoms with Crippen LogP contribution in [-0.2, 0) is 32.3 Å². The maximum atomic E-state index is 13.3. The van der Waals surface area contributed by atoms with E-state index in [0.717, 1.165) is 40.7 Å². The number of alkyl halides is 3. The Labute approximate surface area is 216 Å². The van der Waals surface area contributed by atoms with Crippen molar-refractivity contribution < 1.29 is 31.2 Å². The van der Waals surface area contributed by atoms with E-state index in [0.29, 0.717) is 13.0 Å². The molecule has 0 heterocycles. The van der Waals surface area contributed by atoms with Gasteiger partial charge in [-0.3, -0.25) is 13.9 Å². The number of sulfonamides is 1. The predicted molar refractivity (Wildman–Crippen MR) is 137 cm³/mol. The van der Waals surface area contributed by atoms with E-state index in [-0.39, 0.29) is 43.4 Å². The average Bonchev–Trinajstić information content (AvgIpc) is 2.84. The largest absolute Gasteiger partial charge is 0.416 e. The van der Waals surface area contributed by atoms with Gasteiger partial charge in [-0.05, 0) is 43.0 Å². The van der Waals surface area contributed by atoms with Crippen LogP contribution in [0.5, 0.6) is 0 Å². The Hall–Kier alpha value is -3.08. The normalized spacial score (nSPS) is 12.6. The molecule has 2 amide bonds. The minimum atomic E-state index is -4.62. The van der Waals surface area contributed by atoms with Crippen LogP contribution in [-0.4, -0.2) is 50.5 Å². The smallest absolute Gasteiger partial charge is 0.354 e. The molecule has 0 saturated carbocycles. The number of hydrogen-bond acceptors (Lipinski definition) is 4. The Bertz CT molecular complexity index is 1140. The Balaban J connectivity index is 2.22. The van der Waals surface area contributed by atoms with E-state index in [1.807, 2.05) is 37.3 Å². The van der Waals surface area contributed by atoms with E-state index < -0.39 is 27.8 Å². The van der Waals surface area contributed by atoms with Gasteiger partial charge in [0.2, 0.25) is 21.8 Å². The number of carbonyl (C=O) groups excluding carboxylic acids is 2. The van der Waals surface area contributed by atoms with Crippen molar-refractivity contribution in [3.05, 3.63) is 65.7 Å². The van der Waals surface area contributed by atoms with Gasteiger partial charge < -0.3 is 10.2 Å². The molecule has 0 aliphatic carbocycles. The molecule has 0 fully saturated rings. The number of halogens is 3. The van der Waals surface area contributed by atoms with E-state index >= 15 is 0 Å². The van der Waals surface area contributed by atoms with Gasteiger partial charge in [0.1, 0.15) is 6.04 Å². The number of amides is 2. The lowest BCUT2D eigenvalue weighted by atomic mass is 10.1. The van der Waals surface area contributed by atoms with Crippen LogP contribution < -0.4 is 9.62 Å². The molecule has 0 radical (unpaired) electrons. The molecular formula is C26H34F3N3O4S. The topological polar surface area (TPSA) is 86.8 Å². The van der Waals surface area contributed by atoms with Gasteiger partial charge in [-0.2, -0.15) is 13.2 Å². The number of carbonyl (C=O) groups is 2. The number of rotatable bonds is 13. The van der Waals surface area contributed by atoms with Crippen LogP contribution >= 0.6 is 0 Å². The molecule has 11 heteroatoms. The fourth-order valence-electron chi connectivity index (χ4n) is 3.91. The summed E-state index contributed by atoms with van der Waals surface area (Å²) in [5.41, 5.74) is -0.261. The van der Waals surface area contributed by atoms with Gasteiger partial charge in [0.15, 0.2) is 0 Å². The van der Waals surface area contributed by atoms with Crippen molar-refractivity contribution in [1.29, 1.82) is 0 Å². The molecule has 204 valence electrons. The molecule has 0 spiro atoms. The molecular weight excluding hydrogens is 507 g/mol. The van der Waals surface area contributed by atoms with Gasteiger partial charge >= 0.3 is 6.18 Å². The Kier molecular flexibility index (Phi) is 11.0. The van der Waals surface area contributed by atoms with Crippen LogP contribution in [0.4, 0.5) is 18.9 Å². The van der Waals surface area contributed by atoms with Crippen LogP contribution in [0.2, 0.25) is 0 Å². The molecule has 0 aliphatic heterocycles. The number of anilines is 1. The lowest BCUT2D eigenvalue weighted by Crippen LogP contribution is -2.49. The third-order valence-electron chi connectivity index (χ3n) is 5.74. The van der Waals surface area contributed by atoms with E-state index in [9.17, 15) is 31.2 Å². The van der Waals surface area contributed by atoms with Gasteiger partial charge in [-0.25, -0.2) is 8.42 Å². The number of benzene rings is 2. The van der Waals surface area contributed by atoms with E-state index in [1.54, 1.807) is 6.92 Å². The highest BCUT2D eigenvalue weighted by molar-refractivity contribution is 7.92. The zero-order chi connectivity index (χ0) is 27.6. The summed E-state index contributed by atoms with van der Waals surface area (Å²) in [7, 11) is -3.91. The molecule has 0 aliphatic rings.